The molecule has 1 fully saturated rings. The van der Waals surface area contributed by atoms with E-state index >= 15 is 0 Å². The van der Waals surface area contributed by atoms with Crippen molar-refractivity contribution in [1.29, 1.82) is 0 Å². The molecule has 1 N–H and O–H groups in total. The minimum atomic E-state index is 0.162. The second-order valence-corrected chi connectivity index (χ2v) is 7.84. The number of nitrogens with zero attached hydrogens (tertiary/aromatic N) is 2. The maximum atomic E-state index is 12.4. The molecule has 1 aromatic rings. The second kappa shape index (κ2) is 10.7. The van der Waals surface area contributed by atoms with E-state index in [-0.39, 0.29) is 5.91 Å². The van der Waals surface area contributed by atoms with Crippen molar-refractivity contribution >= 4 is 5.91 Å². The lowest BCUT2D eigenvalue weighted by atomic mass is 9.95. The molecule has 27 heavy (non-hydrogen) atoms. The molecule has 2 heterocycles. The van der Waals surface area contributed by atoms with E-state index in [0.717, 1.165) is 38.1 Å². The number of rotatable bonds is 2. The smallest absolute Gasteiger partial charge is 0.236 e. The van der Waals surface area contributed by atoms with Gasteiger partial charge in [0, 0.05) is 12.6 Å². The van der Waals surface area contributed by atoms with Gasteiger partial charge in [-0.1, -0.05) is 18.6 Å². The molecule has 1 aromatic carbocycles. The molecular formula is C22H35N3O2. The predicted octanol–water partition coefficient (Wildman–Crippen LogP) is 2.69. The van der Waals surface area contributed by atoms with Crippen LogP contribution in [0.25, 0.3) is 0 Å². The van der Waals surface area contributed by atoms with Crippen LogP contribution in [0.4, 0.5) is 0 Å². The summed E-state index contributed by atoms with van der Waals surface area (Å²) in [5, 5.41) is 2.98. The van der Waals surface area contributed by atoms with E-state index < -0.39 is 0 Å². The number of fused-ring (bicyclic) bond motifs is 3. The number of carbonyl (C=O) groups is 1. The number of amides is 1. The van der Waals surface area contributed by atoms with Gasteiger partial charge in [0.2, 0.25) is 5.91 Å². The van der Waals surface area contributed by atoms with Gasteiger partial charge >= 0.3 is 0 Å². The fourth-order valence-corrected chi connectivity index (χ4v) is 4.32. The molecule has 5 nitrogen and oxygen atoms in total. The Balaban J connectivity index is 1.69. The van der Waals surface area contributed by atoms with Gasteiger partial charge in [0.25, 0.3) is 0 Å². The molecule has 2 aliphatic rings. The monoisotopic (exact) mass is 373 g/mol. The first-order valence-electron chi connectivity index (χ1n) is 10.6. The predicted molar refractivity (Wildman–Crippen MR) is 109 cm³/mol. The van der Waals surface area contributed by atoms with Crippen LogP contribution >= 0.6 is 0 Å². The molecule has 0 aromatic heterocycles. The van der Waals surface area contributed by atoms with Crippen LogP contribution in [0.5, 0.6) is 5.75 Å². The number of carbonyl (C=O) groups excluding carboxylic acids is 1. The highest BCUT2D eigenvalue weighted by Gasteiger charge is 2.22. The number of hydrogen-bond donors (Lipinski definition) is 1. The van der Waals surface area contributed by atoms with Gasteiger partial charge in [-0.2, -0.15) is 0 Å². The topological polar surface area (TPSA) is 44.8 Å². The zero-order chi connectivity index (χ0) is 18.9. The van der Waals surface area contributed by atoms with Crippen LogP contribution in [0.15, 0.2) is 24.3 Å². The van der Waals surface area contributed by atoms with Gasteiger partial charge in [-0.3, -0.25) is 4.79 Å². The number of aryl methyl sites for hydroxylation is 1. The normalized spacial score (nSPS) is 22.9. The molecule has 1 saturated heterocycles. The van der Waals surface area contributed by atoms with Gasteiger partial charge in [-0.05, 0) is 76.4 Å². The number of piperidine rings is 1. The molecule has 0 aliphatic carbocycles. The van der Waals surface area contributed by atoms with E-state index in [1.54, 1.807) is 0 Å². The van der Waals surface area contributed by atoms with Gasteiger partial charge in [-0.15, -0.1) is 0 Å². The zero-order valence-electron chi connectivity index (χ0n) is 16.8. The third-order valence-corrected chi connectivity index (χ3v) is 5.85. The Hall–Kier alpha value is -1.59. The Labute approximate surface area is 164 Å². The van der Waals surface area contributed by atoms with Crippen LogP contribution in [-0.2, 0) is 11.2 Å². The molecule has 3 rings (SSSR count). The largest absolute Gasteiger partial charge is 0.492 e. The summed E-state index contributed by atoms with van der Waals surface area (Å²) in [6, 6.07) is 9.20. The van der Waals surface area contributed by atoms with Crippen LogP contribution in [-0.4, -0.2) is 68.1 Å². The molecule has 2 bridgehead atoms. The molecule has 2 aliphatic heterocycles. The van der Waals surface area contributed by atoms with Crippen molar-refractivity contribution in [2.24, 2.45) is 0 Å². The Morgan fingerprint density at radius 3 is 2.78 bits per heavy atom. The maximum absolute atomic E-state index is 12.4. The van der Waals surface area contributed by atoms with E-state index in [1.165, 1.54) is 37.8 Å². The second-order valence-electron chi connectivity index (χ2n) is 7.84. The molecule has 150 valence electrons. The average molecular weight is 374 g/mol. The number of ether oxygens (including phenoxy) is 1. The van der Waals surface area contributed by atoms with E-state index in [9.17, 15) is 4.79 Å². The summed E-state index contributed by atoms with van der Waals surface area (Å²) in [6.45, 7) is 4.81. The molecular weight excluding hydrogens is 338 g/mol. The third-order valence-electron chi connectivity index (χ3n) is 5.85. The summed E-state index contributed by atoms with van der Waals surface area (Å²) in [6.07, 6.45) is 8.58. The van der Waals surface area contributed by atoms with Gasteiger partial charge in [-0.25, -0.2) is 0 Å². The fourth-order valence-electron chi connectivity index (χ4n) is 4.32. The van der Waals surface area contributed by atoms with E-state index in [1.807, 2.05) is 18.0 Å². The van der Waals surface area contributed by atoms with E-state index in [4.69, 9.17) is 4.74 Å². The van der Waals surface area contributed by atoms with Crippen molar-refractivity contribution in [2.45, 2.75) is 51.0 Å². The van der Waals surface area contributed by atoms with E-state index in [0.29, 0.717) is 25.7 Å². The van der Waals surface area contributed by atoms with Crippen molar-refractivity contribution in [3.63, 3.8) is 0 Å². The lowest BCUT2D eigenvalue weighted by Gasteiger charge is -2.36. The van der Waals surface area contributed by atoms with Crippen LogP contribution in [0.1, 0.15) is 44.1 Å². The Bertz CT molecular complexity index is 593. The average Bonchev–Trinajstić information content (AvgIpc) is 2.69. The third kappa shape index (κ3) is 6.22. The fraction of sp³-hybridized carbons (Fsp3) is 0.682. The first kappa shape index (κ1) is 20.2. The minimum absolute atomic E-state index is 0.162. The van der Waals surface area contributed by atoms with Crippen molar-refractivity contribution in [1.82, 2.24) is 15.1 Å². The van der Waals surface area contributed by atoms with Crippen LogP contribution in [0.3, 0.4) is 0 Å². The lowest BCUT2D eigenvalue weighted by molar-refractivity contribution is -0.130. The highest BCUT2D eigenvalue weighted by atomic mass is 16.5. The van der Waals surface area contributed by atoms with Crippen LogP contribution in [0, 0.1) is 0 Å². The standard InChI is InChI=1S/C22H35N3O2/c1-23-18-22(26)25-14-5-4-13-24-12-3-2-8-20(24)11-10-19-7-6-9-21(17-19)27-16-15-25/h6-7,9,17,20,23H,2-5,8,10-16,18H2,1H3. The van der Waals surface area contributed by atoms with Crippen molar-refractivity contribution in [3.8, 4) is 5.75 Å². The van der Waals surface area contributed by atoms with Crippen molar-refractivity contribution < 1.29 is 9.53 Å². The maximum Gasteiger partial charge on any atom is 0.236 e. The van der Waals surface area contributed by atoms with Gasteiger partial charge in [0.1, 0.15) is 12.4 Å². The summed E-state index contributed by atoms with van der Waals surface area (Å²) in [7, 11) is 1.82. The Morgan fingerprint density at radius 1 is 1.11 bits per heavy atom. The molecule has 0 saturated carbocycles. The minimum Gasteiger partial charge on any atom is -0.492 e. The molecule has 0 spiro atoms. The number of hydrogen-bond acceptors (Lipinski definition) is 4. The number of benzene rings is 1. The number of nitrogens with one attached hydrogen (secondary N) is 1. The van der Waals surface area contributed by atoms with Gasteiger partial charge in [0.05, 0.1) is 13.1 Å². The Kier molecular flexibility index (Phi) is 7.96. The first-order chi connectivity index (χ1) is 13.3. The van der Waals surface area contributed by atoms with Gasteiger partial charge in [0.15, 0.2) is 0 Å². The quantitative estimate of drug-likeness (QED) is 0.866. The summed E-state index contributed by atoms with van der Waals surface area (Å²) in [4.78, 5) is 17.0. The molecule has 1 atom stereocenters. The summed E-state index contributed by atoms with van der Waals surface area (Å²) in [5.41, 5.74) is 1.36. The summed E-state index contributed by atoms with van der Waals surface area (Å²) < 4.78 is 5.96. The SMILES string of the molecule is CNCC(=O)N1CCCCN2CCCCC2CCc2cccc(c2)OCC1. The summed E-state index contributed by atoms with van der Waals surface area (Å²) in [5.74, 6) is 1.08. The molecule has 5 heteroatoms. The molecule has 1 unspecified atom stereocenters. The Morgan fingerprint density at radius 2 is 1.93 bits per heavy atom. The summed E-state index contributed by atoms with van der Waals surface area (Å²) >= 11 is 0. The van der Waals surface area contributed by atoms with E-state index in [2.05, 4.69) is 28.4 Å². The lowest BCUT2D eigenvalue weighted by Crippen LogP contribution is -2.41. The molecule has 0 radical (unpaired) electrons. The van der Waals surface area contributed by atoms with Crippen LogP contribution in [0.2, 0.25) is 0 Å². The zero-order valence-corrected chi connectivity index (χ0v) is 16.8. The highest BCUT2D eigenvalue weighted by Crippen LogP contribution is 2.23. The highest BCUT2D eigenvalue weighted by molar-refractivity contribution is 5.78. The van der Waals surface area contributed by atoms with Crippen LogP contribution < -0.4 is 10.1 Å². The first-order valence-corrected chi connectivity index (χ1v) is 10.6. The van der Waals surface area contributed by atoms with Gasteiger partial charge < -0.3 is 19.9 Å². The molecule has 1 amide bonds. The van der Waals surface area contributed by atoms with Crippen molar-refractivity contribution in [3.05, 3.63) is 29.8 Å². The number of likely N-dealkylation sites (N-methyl/N-ethyl adjacent to an activating group) is 1. The van der Waals surface area contributed by atoms with Crippen molar-refractivity contribution in [2.75, 3.05) is 46.4 Å².